The molecule has 1 aromatic rings. The lowest BCUT2D eigenvalue weighted by Gasteiger charge is -2.17. The van der Waals surface area contributed by atoms with E-state index in [-0.39, 0.29) is 18.5 Å². The molecule has 102 valence electrons. The van der Waals surface area contributed by atoms with Gasteiger partial charge in [0.2, 0.25) is 5.91 Å². The first-order chi connectivity index (χ1) is 9.08. The number of carbonyl (C=O) groups is 2. The maximum absolute atomic E-state index is 11.0. The van der Waals surface area contributed by atoms with E-state index in [2.05, 4.69) is 10.6 Å². The zero-order chi connectivity index (χ0) is 13.8. The molecule has 2 unspecified atom stereocenters. The number of aliphatic carboxylic acids is 1. The third-order valence-corrected chi connectivity index (χ3v) is 2.94. The molecular weight excluding hydrogens is 248 g/mol. The summed E-state index contributed by atoms with van der Waals surface area (Å²) < 4.78 is 5.49. The van der Waals surface area contributed by atoms with Gasteiger partial charge in [0.05, 0.1) is 6.04 Å². The number of carboxylic acids is 1. The molecule has 0 radical (unpaired) electrons. The molecule has 3 N–H and O–H groups in total. The number of ether oxygens (including phenoxy) is 1. The Kier molecular flexibility index (Phi) is 4.01. The maximum atomic E-state index is 11.0. The summed E-state index contributed by atoms with van der Waals surface area (Å²) in [5, 5.41) is 14.5. The normalized spacial score (nSPS) is 18.3. The summed E-state index contributed by atoms with van der Waals surface area (Å²) in [6, 6.07) is 6.62. The Bertz CT molecular complexity index is 489. The predicted molar refractivity (Wildman–Crippen MR) is 67.9 cm³/mol. The maximum Gasteiger partial charge on any atom is 0.327 e. The minimum absolute atomic E-state index is 0.0493. The van der Waals surface area contributed by atoms with Crippen LogP contribution >= 0.6 is 0 Å². The van der Waals surface area contributed by atoms with Gasteiger partial charge in [0, 0.05) is 19.0 Å². The van der Waals surface area contributed by atoms with Gasteiger partial charge in [-0.15, -0.1) is 0 Å². The van der Waals surface area contributed by atoms with E-state index >= 15 is 0 Å². The van der Waals surface area contributed by atoms with Crippen molar-refractivity contribution in [2.75, 3.05) is 13.2 Å². The molecule has 0 spiro atoms. The molecule has 0 bridgehead atoms. The first-order valence-corrected chi connectivity index (χ1v) is 6.03. The molecule has 0 saturated carbocycles. The molecule has 19 heavy (non-hydrogen) atoms. The average molecular weight is 264 g/mol. The second-order valence-electron chi connectivity index (χ2n) is 4.40. The van der Waals surface area contributed by atoms with Gasteiger partial charge in [-0.25, -0.2) is 4.79 Å². The molecule has 2 rings (SSSR count). The van der Waals surface area contributed by atoms with Crippen molar-refractivity contribution in [1.29, 1.82) is 0 Å². The second kappa shape index (κ2) is 5.71. The summed E-state index contributed by atoms with van der Waals surface area (Å²) in [6.07, 6.45) is 0. The van der Waals surface area contributed by atoms with Crippen LogP contribution in [0, 0.1) is 0 Å². The quantitative estimate of drug-likeness (QED) is 0.712. The van der Waals surface area contributed by atoms with Crippen LogP contribution in [0.4, 0.5) is 0 Å². The number of carboxylic acid groups (broad SMARTS) is 1. The van der Waals surface area contributed by atoms with E-state index in [0.717, 1.165) is 11.3 Å². The summed E-state index contributed by atoms with van der Waals surface area (Å²) in [6.45, 7) is 1.91. The molecule has 1 aliphatic heterocycles. The van der Waals surface area contributed by atoms with E-state index in [1.807, 2.05) is 24.3 Å². The van der Waals surface area contributed by atoms with Crippen molar-refractivity contribution < 1.29 is 19.4 Å². The molecule has 0 fully saturated rings. The minimum atomic E-state index is -1.06. The van der Waals surface area contributed by atoms with E-state index in [0.29, 0.717) is 6.61 Å². The number of amides is 1. The molecule has 0 saturated heterocycles. The molecular formula is C13H16N2O4. The van der Waals surface area contributed by atoms with Crippen molar-refractivity contribution in [3.05, 3.63) is 29.8 Å². The summed E-state index contributed by atoms with van der Waals surface area (Å²) in [5.41, 5.74) is 1.01. The zero-order valence-corrected chi connectivity index (χ0v) is 10.6. The Hall–Kier alpha value is -2.08. The molecule has 1 aliphatic rings. The lowest BCUT2D eigenvalue weighted by molar-refractivity contribution is -0.141. The summed E-state index contributed by atoms with van der Waals surface area (Å²) in [5.74, 6) is -0.612. The summed E-state index contributed by atoms with van der Waals surface area (Å²) in [4.78, 5) is 21.9. The van der Waals surface area contributed by atoms with Crippen LogP contribution in [-0.2, 0) is 9.59 Å². The van der Waals surface area contributed by atoms with E-state index in [9.17, 15) is 9.59 Å². The number of para-hydroxylation sites is 1. The van der Waals surface area contributed by atoms with Gasteiger partial charge in [-0.3, -0.25) is 4.79 Å². The third kappa shape index (κ3) is 3.23. The van der Waals surface area contributed by atoms with Crippen molar-refractivity contribution in [1.82, 2.24) is 10.6 Å². The Morgan fingerprint density at radius 1 is 1.47 bits per heavy atom. The van der Waals surface area contributed by atoms with Crippen LogP contribution in [0.1, 0.15) is 18.5 Å². The van der Waals surface area contributed by atoms with Crippen molar-refractivity contribution in [2.45, 2.75) is 19.0 Å². The van der Waals surface area contributed by atoms with Gasteiger partial charge in [0.1, 0.15) is 18.4 Å². The fraction of sp³-hybridized carbons (Fsp3) is 0.385. The van der Waals surface area contributed by atoms with E-state index < -0.39 is 12.0 Å². The number of carbonyl (C=O) groups excluding carboxylic acids is 1. The van der Waals surface area contributed by atoms with Gasteiger partial charge < -0.3 is 20.5 Å². The largest absolute Gasteiger partial charge is 0.491 e. The van der Waals surface area contributed by atoms with E-state index in [4.69, 9.17) is 9.84 Å². The van der Waals surface area contributed by atoms with Gasteiger partial charge in [-0.05, 0) is 6.07 Å². The van der Waals surface area contributed by atoms with Crippen LogP contribution in [0.2, 0.25) is 0 Å². The van der Waals surface area contributed by atoms with Crippen LogP contribution < -0.4 is 15.4 Å². The molecule has 6 heteroatoms. The van der Waals surface area contributed by atoms with Crippen LogP contribution in [0.3, 0.4) is 0 Å². The zero-order valence-electron chi connectivity index (χ0n) is 10.6. The molecule has 0 aromatic heterocycles. The van der Waals surface area contributed by atoms with Crippen LogP contribution in [0.15, 0.2) is 24.3 Å². The van der Waals surface area contributed by atoms with Crippen LogP contribution in [-0.4, -0.2) is 36.2 Å². The Morgan fingerprint density at radius 3 is 2.89 bits per heavy atom. The highest BCUT2D eigenvalue weighted by Crippen LogP contribution is 2.31. The minimum Gasteiger partial charge on any atom is -0.491 e. The average Bonchev–Trinajstić information content (AvgIpc) is 2.77. The molecule has 1 amide bonds. The Balaban J connectivity index is 1.95. The van der Waals surface area contributed by atoms with Gasteiger partial charge in [-0.2, -0.15) is 0 Å². The van der Waals surface area contributed by atoms with Crippen molar-refractivity contribution >= 4 is 11.9 Å². The molecule has 1 aromatic carbocycles. The van der Waals surface area contributed by atoms with Crippen molar-refractivity contribution in [2.24, 2.45) is 0 Å². The molecule has 2 atom stereocenters. The van der Waals surface area contributed by atoms with Gasteiger partial charge in [0.25, 0.3) is 0 Å². The molecule has 6 nitrogen and oxygen atoms in total. The number of rotatable bonds is 5. The van der Waals surface area contributed by atoms with Crippen molar-refractivity contribution in [3.63, 3.8) is 0 Å². The summed E-state index contributed by atoms with van der Waals surface area (Å²) >= 11 is 0. The fourth-order valence-electron chi connectivity index (χ4n) is 2.04. The van der Waals surface area contributed by atoms with Crippen LogP contribution in [0.25, 0.3) is 0 Å². The second-order valence-corrected chi connectivity index (χ2v) is 4.40. The van der Waals surface area contributed by atoms with E-state index in [1.165, 1.54) is 6.92 Å². The first kappa shape index (κ1) is 13.4. The number of nitrogens with one attached hydrogen (secondary N) is 2. The highest BCUT2D eigenvalue weighted by molar-refractivity contribution is 5.82. The Labute approximate surface area is 110 Å². The topological polar surface area (TPSA) is 87.7 Å². The fourth-order valence-corrected chi connectivity index (χ4v) is 2.04. The van der Waals surface area contributed by atoms with Gasteiger partial charge in [0.15, 0.2) is 0 Å². The third-order valence-electron chi connectivity index (χ3n) is 2.94. The standard InChI is InChI=1S/C13H16N2O4/c1-8(16)15-10(13(17)18)6-14-11-7-19-12-5-3-2-4-9(11)12/h2-5,10-11,14H,6-7H2,1H3,(H,15,16)(H,17,18). The monoisotopic (exact) mass is 264 g/mol. The SMILES string of the molecule is CC(=O)NC(CNC1COc2ccccc21)C(=O)O. The highest BCUT2D eigenvalue weighted by Gasteiger charge is 2.26. The van der Waals surface area contributed by atoms with Crippen LogP contribution in [0.5, 0.6) is 5.75 Å². The predicted octanol–water partition coefficient (Wildman–Crippen LogP) is 0.299. The number of hydrogen-bond donors (Lipinski definition) is 3. The van der Waals surface area contributed by atoms with Crippen molar-refractivity contribution in [3.8, 4) is 5.75 Å². The molecule has 1 heterocycles. The van der Waals surface area contributed by atoms with Gasteiger partial charge >= 0.3 is 5.97 Å². The number of benzene rings is 1. The first-order valence-electron chi connectivity index (χ1n) is 6.03. The van der Waals surface area contributed by atoms with E-state index in [1.54, 1.807) is 0 Å². The lowest BCUT2D eigenvalue weighted by atomic mass is 10.1. The lowest BCUT2D eigenvalue weighted by Crippen LogP contribution is -2.47. The molecule has 0 aliphatic carbocycles. The highest BCUT2D eigenvalue weighted by atomic mass is 16.5. The Morgan fingerprint density at radius 2 is 2.21 bits per heavy atom. The number of hydrogen-bond acceptors (Lipinski definition) is 4. The summed E-state index contributed by atoms with van der Waals surface area (Å²) in [7, 11) is 0. The van der Waals surface area contributed by atoms with Gasteiger partial charge in [-0.1, -0.05) is 18.2 Å². The number of fused-ring (bicyclic) bond motifs is 1. The smallest absolute Gasteiger partial charge is 0.327 e.